The molecule has 0 spiro atoms. The van der Waals surface area contributed by atoms with E-state index in [2.05, 4.69) is 0 Å². The fourth-order valence-corrected chi connectivity index (χ4v) is 2.29. The Morgan fingerprint density at radius 1 is 1.00 bits per heavy atom. The van der Waals surface area contributed by atoms with Gasteiger partial charge in [0.1, 0.15) is 0 Å². The zero-order valence-electron chi connectivity index (χ0n) is 10.9. The van der Waals surface area contributed by atoms with E-state index in [9.17, 15) is 4.79 Å². The zero-order chi connectivity index (χ0) is 13.1. The van der Waals surface area contributed by atoms with E-state index in [0.29, 0.717) is 0 Å². The third kappa shape index (κ3) is 2.65. The van der Waals surface area contributed by atoms with Crippen molar-refractivity contribution in [2.24, 2.45) is 0 Å². The van der Waals surface area contributed by atoms with E-state index in [1.165, 1.54) is 4.90 Å². The highest BCUT2D eigenvalue weighted by Crippen LogP contribution is 2.19. The third-order valence-corrected chi connectivity index (χ3v) is 3.73. The summed E-state index contributed by atoms with van der Waals surface area (Å²) in [6.45, 7) is 3.98. The average molecular weight is 256 g/mol. The molecule has 0 aliphatic heterocycles. The molecule has 1 nitrogen and oxygen atoms in total. The molecule has 0 saturated heterocycles. The summed E-state index contributed by atoms with van der Waals surface area (Å²) in [5.74, 6) is 0.101. The number of thioether (sulfide) groups is 1. The van der Waals surface area contributed by atoms with Crippen LogP contribution in [0.3, 0.4) is 0 Å². The highest BCUT2D eigenvalue weighted by molar-refractivity contribution is 7.98. The maximum absolute atomic E-state index is 12.4. The van der Waals surface area contributed by atoms with E-state index < -0.39 is 0 Å². The van der Waals surface area contributed by atoms with Crippen LogP contribution in [0.2, 0.25) is 0 Å². The number of carbonyl (C=O) groups excluding carboxylic acids is 1. The predicted molar refractivity (Wildman–Crippen MR) is 77.6 cm³/mol. The molecule has 2 aromatic rings. The molecular formula is C16H16OS. The summed E-state index contributed by atoms with van der Waals surface area (Å²) >= 11 is 1.68. The molecule has 0 aromatic heterocycles. The standard InChI is InChI=1S/C16H16OS/c1-11-4-5-12(2)15(10-11)16(17)13-6-8-14(18-3)9-7-13/h4-10H,1-3H3. The number of ketones is 1. The lowest BCUT2D eigenvalue weighted by Gasteiger charge is -2.07. The normalized spacial score (nSPS) is 10.4. The second-order valence-corrected chi connectivity index (χ2v) is 5.26. The Morgan fingerprint density at radius 2 is 1.67 bits per heavy atom. The average Bonchev–Trinajstić information content (AvgIpc) is 2.41. The fourth-order valence-electron chi connectivity index (χ4n) is 1.88. The van der Waals surface area contributed by atoms with Gasteiger partial charge in [-0.15, -0.1) is 11.8 Å². The number of aryl methyl sites for hydroxylation is 2. The van der Waals surface area contributed by atoms with Crippen LogP contribution in [-0.2, 0) is 0 Å². The van der Waals surface area contributed by atoms with Crippen molar-refractivity contribution in [3.63, 3.8) is 0 Å². The Bertz CT molecular complexity index is 570. The van der Waals surface area contributed by atoms with Gasteiger partial charge in [-0.3, -0.25) is 4.79 Å². The summed E-state index contributed by atoms with van der Waals surface area (Å²) in [6.07, 6.45) is 2.03. The molecule has 0 bridgehead atoms. The van der Waals surface area contributed by atoms with Crippen molar-refractivity contribution in [2.75, 3.05) is 6.26 Å². The van der Waals surface area contributed by atoms with Crippen LogP contribution in [0.1, 0.15) is 27.0 Å². The first kappa shape index (κ1) is 12.9. The molecule has 0 N–H and O–H groups in total. The number of hydrogen-bond donors (Lipinski definition) is 0. The minimum Gasteiger partial charge on any atom is -0.289 e. The molecule has 0 amide bonds. The van der Waals surface area contributed by atoms with E-state index in [4.69, 9.17) is 0 Å². The lowest BCUT2D eigenvalue weighted by Crippen LogP contribution is -2.04. The second kappa shape index (κ2) is 5.40. The minimum absolute atomic E-state index is 0.101. The molecule has 0 aliphatic rings. The van der Waals surface area contributed by atoms with Crippen LogP contribution in [0, 0.1) is 13.8 Å². The second-order valence-electron chi connectivity index (χ2n) is 4.38. The summed E-state index contributed by atoms with van der Waals surface area (Å²) in [5, 5.41) is 0. The number of rotatable bonds is 3. The maximum Gasteiger partial charge on any atom is 0.193 e. The van der Waals surface area contributed by atoms with Gasteiger partial charge in [0.15, 0.2) is 5.78 Å². The van der Waals surface area contributed by atoms with Gasteiger partial charge >= 0.3 is 0 Å². The van der Waals surface area contributed by atoms with Crippen LogP contribution in [0.5, 0.6) is 0 Å². The van der Waals surface area contributed by atoms with Gasteiger partial charge in [0.25, 0.3) is 0 Å². The summed E-state index contributed by atoms with van der Waals surface area (Å²) < 4.78 is 0. The lowest BCUT2D eigenvalue weighted by molar-refractivity contribution is 0.103. The van der Waals surface area contributed by atoms with Crippen molar-refractivity contribution in [3.05, 3.63) is 64.7 Å². The predicted octanol–water partition coefficient (Wildman–Crippen LogP) is 4.26. The Balaban J connectivity index is 2.38. The van der Waals surface area contributed by atoms with Gasteiger partial charge in [0.2, 0.25) is 0 Å². The Labute approximate surface area is 112 Å². The molecule has 2 rings (SSSR count). The molecular weight excluding hydrogens is 240 g/mol. The largest absolute Gasteiger partial charge is 0.289 e. The molecule has 2 aromatic carbocycles. The monoisotopic (exact) mass is 256 g/mol. The van der Waals surface area contributed by atoms with E-state index in [1.807, 2.05) is 62.6 Å². The van der Waals surface area contributed by atoms with Crippen molar-refractivity contribution in [1.82, 2.24) is 0 Å². The smallest absolute Gasteiger partial charge is 0.193 e. The Morgan fingerprint density at radius 3 is 2.28 bits per heavy atom. The van der Waals surface area contributed by atoms with Crippen molar-refractivity contribution >= 4 is 17.5 Å². The van der Waals surface area contributed by atoms with Gasteiger partial charge in [-0.05, 0) is 56.0 Å². The first-order valence-electron chi connectivity index (χ1n) is 5.88. The SMILES string of the molecule is CSc1ccc(C(=O)c2cc(C)ccc2C)cc1. The summed E-state index contributed by atoms with van der Waals surface area (Å²) in [4.78, 5) is 13.6. The Kier molecular flexibility index (Phi) is 3.87. The van der Waals surface area contributed by atoms with Gasteiger partial charge in [0.05, 0.1) is 0 Å². The van der Waals surface area contributed by atoms with Crippen LogP contribution >= 0.6 is 11.8 Å². The molecule has 2 heteroatoms. The van der Waals surface area contributed by atoms with E-state index in [0.717, 1.165) is 22.3 Å². The molecule has 0 saturated carbocycles. The highest BCUT2D eigenvalue weighted by Gasteiger charge is 2.11. The Hall–Kier alpha value is -1.54. The number of benzene rings is 2. The zero-order valence-corrected chi connectivity index (χ0v) is 11.7. The van der Waals surface area contributed by atoms with Crippen molar-refractivity contribution in [2.45, 2.75) is 18.7 Å². The molecule has 18 heavy (non-hydrogen) atoms. The first-order chi connectivity index (χ1) is 8.61. The molecule has 0 unspecified atom stereocenters. The van der Waals surface area contributed by atoms with Crippen LogP contribution in [0.4, 0.5) is 0 Å². The van der Waals surface area contributed by atoms with Gasteiger partial charge in [-0.1, -0.05) is 17.7 Å². The van der Waals surface area contributed by atoms with Crippen LogP contribution < -0.4 is 0 Å². The number of hydrogen-bond acceptors (Lipinski definition) is 2. The minimum atomic E-state index is 0.101. The van der Waals surface area contributed by atoms with Crippen LogP contribution in [0.25, 0.3) is 0 Å². The van der Waals surface area contributed by atoms with E-state index in [-0.39, 0.29) is 5.78 Å². The van der Waals surface area contributed by atoms with Gasteiger partial charge in [-0.2, -0.15) is 0 Å². The van der Waals surface area contributed by atoms with Crippen LogP contribution in [-0.4, -0.2) is 12.0 Å². The molecule has 92 valence electrons. The number of carbonyl (C=O) groups is 1. The first-order valence-corrected chi connectivity index (χ1v) is 7.10. The fraction of sp³-hybridized carbons (Fsp3) is 0.188. The molecule has 0 radical (unpaired) electrons. The summed E-state index contributed by atoms with van der Waals surface area (Å²) in [5.41, 5.74) is 3.69. The van der Waals surface area contributed by atoms with Gasteiger partial charge < -0.3 is 0 Å². The van der Waals surface area contributed by atoms with Crippen molar-refractivity contribution in [1.29, 1.82) is 0 Å². The summed E-state index contributed by atoms with van der Waals surface area (Å²) in [6, 6.07) is 13.8. The molecule has 0 heterocycles. The van der Waals surface area contributed by atoms with Gasteiger partial charge in [-0.25, -0.2) is 0 Å². The summed E-state index contributed by atoms with van der Waals surface area (Å²) in [7, 11) is 0. The molecule has 0 fully saturated rings. The van der Waals surface area contributed by atoms with Crippen molar-refractivity contribution < 1.29 is 4.79 Å². The third-order valence-electron chi connectivity index (χ3n) is 2.99. The quantitative estimate of drug-likeness (QED) is 0.603. The molecule has 0 atom stereocenters. The lowest BCUT2D eigenvalue weighted by atomic mass is 9.97. The van der Waals surface area contributed by atoms with E-state index >= 15 is 0 Å². The van der Waals surface area contributed by atoms with E-state index in [1.54, 1.807) is 11.8 Å². The van der Waals surface area contributed by atoms with Gasteiger partial charge in [0, 0.05) is 16.0 Å². The highest BCUT2D eigenvalue weighted by atomic mass is 32.2. The maximum atomic E-state index is 12.4. The van der Waals surface area contributed by atoms with Crippen molar-refractivity contribution in [3.8, 4) is 0 Å². The molecule has 0 aliphatic carbocycles. The topological polar surface area (TPSA) is 17.1 Å². The van der Waals surface area contributed by atoms with Crippen LogP contribution in [0.15, 0.2) is 47.4 Å².